The fourth-order valence-electron chi connectivity index (χ4n) is 3.59. The molecule has 0 bridgehead atoms. The predicted octanol–water partition coefficient (Wildman–Crippen LogP) is 1.05. The lowest BCUT2D eigenvalue weighted by molar-refractivity contribution is -0.122. The van der Waals surface area contributed by atoms with Gasteiger partial charge in [0.2, 0.25) is 5.91 Å². The Morgan fingerprint density at radius 1 is 1.21 bits per heavy atom. The van der Waals surface area contributed by atoms with Gasteiger partial charge < -0.3 is 14.8 Å². The van der Waals surface area contributed by atoms with Crippen LogP contribution in [0.4, 0.5) is 0 Å². The monoisotopic (exact) mass is 398 g/mol. The number of amides is 1. The zero-order valence-electron chi connectivity index (χ0n) is 16.3. The third kappa shape index (κ3) is 3.65. The molecule has 0 aliphatic heterocycles. The molecule has 1 aliphatic carbocycles. The highest BCUT2D eigenvalue weighted by molar-refractivity contribution is 5.77. The first-order chi connectivity index (χ1) is 14.1. The molecule has 2 aromatic heterocycles. The van der Waals surface area contributed by atoms with Crippen molar-refractivity contribution in [3.8, 4) is 17.2 Å². The lowest BCUT2D eigenvalue weighted by Crippen LogP contribution is -2.37. The first-order valence-electron chi connectivity index (χ1n) is 9.43. The summed E-state index contributed by atoms with van der Waals surface area (Å²) in [5.74, 6) is 0.891. The van der Waals surface area contributed by atoms with E-state index in [2.05, 4.69) is 20.6 Å². The Balaban J connectivity index is 1.62. The van der Waals surface area contributed by atoms with Crippen LogP contribution in [0.2, 0.25) is 0 Å². The molecular formula is C19H22N6O4. The molecule has 0 radical (unpaired) electrons. The molecular weight excluding hydrogens is 376 g/mol. The van der Waals surface area contributed by atoms with Crippen molar-refractivity contribution in [2.45, 2.75) is 38.3 Å². The van der Waals surface area contributed by atoms with Gasteiger partial charge in [0.05, 0.1) is 19.9 Å². The van der Waals surface area contributed by atoms with Gasteiger partial charge in [-0.3, -0.25) is 14.2 Å². The average Bonchev–Trinajstić information content (AvgIpc) is 3.39. The molecule has 29 heavy (non-hydrogen) atoms. The molecule has 1 N–H and O–H groups in total. The molecule has 4 rings (SSSR count). The zero-order valence-corrected chi connectivity index (χ0v) is 16.3. The van der Waals surface area contributed by atoms with Crippen molar-refractivity contribution in [1.29, 1.82) is 0 Å². The van der Waals surface area contributed by atoms with Crippen LogP contribution >= 0.6 is 0 Å². The number of carbonyl (C=O) groups excluding carboxylic acids is 1. The van der Waals surface area contributed by atoms with Crippen molar-refractivity contribution in [1.82, 2.24) is 29.9 Å². The summed E-state index contributed by atoms with van der Waals surface area (Å²) in [4.78, 5) is 29.3. The van der Waals surface area contributed by atoms with Crippen molar-refractivity contribution in [3.05, 3.63) is 34.9 Å². The Morgan fingerprint density at radius 3 is 2.69 bits per heavy atom. The number of fused-ring (bicyclic) bond motifs is 1. The van der Waals surface area contributed by atoms with E-state index in [1.807, 2.05) is 0 Å². The molecule has 1 aromatic carbocycles. The van der Waals surface area contributed by atoms with Gasteiger partial charge in [-0.25, -0.2) is 4.98 Å². The van der Waals surface area contributed by atoms with Gasteiger partial charge in [0, 0.05) is 12.1 Å². The first kappa shape index (κ1) is 18.9. The molecule has 0 atom stereocenters. The molecule has 10 nitrogen and oxygen atoms in total. The van der Waals surface area contributed by atoms with E-state index in [1.165, 1.54) is 22.7 Å². The number of nitrogens with one attached hydrogen (secondary N) is 1. The highest BCUT2D eigenvalue weighted by Gasteiger charge is 2.19. The van der Waals surface area contributed by atoms with Crippen LogP contribution in [0, 0.1) is 0 Å². The lowest BCUT2D eigenvalue weighted by atomic mass is 10.2. The van der Waals surface area contributed by atoms with Gasteiger partial charge in [-0.05, 0) is 25.0 Å². The van der Waals surface area contributed by atoms with Crippen molar-refractivity contribution < 1.29 is 14.3 Å². The second-order valence-corrected chi connectivity index (χ2v) is 6.94. The summed E-state index contributed by atoms with van der Waals surface area (Å²) < 4.78 is 13.2. The number of hydrogen-bond donors (Lipinski definition) is 1. The van der Waals surface area contributed by atoms with E-state index < -0.39 is 5.56 Å². The fraction of sp³-hybridized carbons (Fsp3) is 0.421. The summed E-state index contributed by atoms with van der Waals surface area (Å²) in [6.45, 7) is -0.0957. The Morgan fingerprint density at radius 2 is 1.97 bits per heavy atom. The minimum absolute atomic E-state index is 0.0935. The Labute approximate surface area is 166 Å². The van der Waals surface area contributed by atoms with Crippen molar-refractivity contribution >= 4 is 17.1 Å². The summed E-state index contributed by atoms with van der Waals surface area (Å²) in [6, 6.07) is 5.41. The van der Waals surface area contributed by atoms with Crippen LogP contribution in [0.5, 0.6) is 11.5 Å². The van der Waals surface area contributed by atoms with Crippen molar-refractivity contribution in [2.24, 2.45) is 0 Å². The van der Waals surface area contributed by atoms with E-state index in [1.54, 1.807) is 25.3 Å². The number of nitrogens with zero attached hydrogens (tertiary/aromatic N) is 5. The fourth-order valence-corrected chi connectivity index (χ4v) is 3.59. The number of ether oxygens (including phenoxy) is 2. The number of hydrogen-bond acceptors (Lipinski definition) is 7. The standard InChI is InChI=1S/C19H22N6O4/c1-28-14-8-7-13(9-15(14)29-2)25-18-17(22-23-25)19(27)24(11-20-18)10-16(26)21-12-5-3-4-6-12/h7-9,11-12H,3-6,10H2,1-2H3,(H,21,26). The van der Waals surface area contributed by atoms with Crippen LogP contribution in [0.3, 0.4) is 0 Å². The first-order valence-corrected chi connectivity index (χ1v) is 9.43. The van der Waals surface area contributed by atoms with Gasteiger partial charge in [0.25, 0.3) is 5.56 Å². The molecule has 0 saturated heterocycles. The van der Waals surface area contributed by atoms with E-state index in [9.17, 15) is 9.59 Å². The van der Waals surface area contributed by atoms with Crippen LogP contribution in [-0.2, 0) is 11.3 Å². The Bertz CT molecular complexity index is 1100. The van der Waals surface area contributed by atoms with E-state index in [0.29, 0.717) is 22.8 Å². The van der Waals surface area contributed by atoms with Crippen LogP contribution in [0.1, 0.15) is 25.7 Å². The second kappa shape index (κ2) is 7.90. The number of aromatic nitrogens is 5. The molecule has 1 amide bonds. The topological polar surface area (TPSA) is 113 Å². The van der Waals surface area contributed by atoms with Gasteiger partial charge >= 0.3 is 0 Å². The van der Waals surface area contributed by atoms with Gasteiger partial charge in [0.1, 0.15) is 12.9 Å². The van der Waals surface area contributed by atoms with Crippen molar-refractivity contribution in [3.63, 3.8) is 0 Å². The number of rotatable bonds is 6. The quantitative estimate of drug-likeness (QED) is 0.660. The van der Waals surface area contributed by atoms with Gasteiger partial charge in [-0.2, -0.15) is 4.68 Å². The third-order valence-electron chi connectivity index (χ3n) is 5.08. The Kier molecular flexibility index (Phi) is 5.15. The SMILES string of the molecule is COc1ccc(-n2nnc3c(=O)n(CC(=O)NC4CCCC4)cnc32)cc1OC. The highest BCUT2D eigenvalue weighted by atomic mass is 16.5. The van der Waals surface area contributed by atoms with E-state index >= 15 is 0 Å². The minimum Gasteiger partial charge on any atom is -0.493 e. The number of benzene rings is 1. The zero-order chi connectivity index (χ0) is 20.4. The van der Waals surface area contributed by atoms with E-state index in [-0.39, 0.29) is 24.0 Å². The summed E-state index contributed by atoms with van der Waals surface area (Å²) >= 11 is 0. The molecule has 3 aromatic rings. The maximum atomic E-state index is 12.8. The highest BCUT2D eigenvalue weighted by Crippen LogP contribution is 2.29. The molecule has 152 valence electrons. The Hall–Kier alpha value is -3.43. The van der Waals surface area contributed by atoms with E-state index in [4.69, 9.17) is 9.47 Å². The molecule has 0 spiro atoms. The molecule has 2 heterocycles. The van der Waals surface area contributed by atoms with Gasteiger partial charge in [-0.1, -0.05) is 18.1 Å². The smallest absolute Gasteiger partial charge is 0.284 e. The number of carbonyl (C=O) groups is 1. The molecule has 0 unspecified atom stereocenters. The summed E-state index contributed by atoms with van der Waals surface area (Å²) in [5, 5.41) is 11.0. The predicted molar refractivity (Wildman–Crippen MR) is 104 cm³/mol. The number of methoxy groups -OCH3 is 2. The maximum Gasteiger partial charge on any atom is 0.284 e. The van der Waals surface area contributed by atoms with Crippen molar-refractivity contribution in [2.75, 3.05) is 14.2 Å². The molecule has 10 heteroatoms. The van der Waals surface area contributed by atoms with Crippen LogP contribution < -0.4 is 20.3 Å². The summed E-state index contributed by atoms with van der Waals surface area (Å²) in [5.41, 5.74) is 0.600. The molecule has 1 saturated carbocycles. The van der Waals surface area contributed by atoms with Gasteiger partial charge in [-0.15, -0.1) is 5.10 Å². The largest absolute Gasteiger partial charge is 0.493 e. The third-order valence-corrected chi connectivity index (χ3v) is 5.08. The second-order valence-electron chi connectivity index (χ2n) is 6.94. The van der Waals surface area contributed by atoms with Crippen LogP contribution in [0.25, 0.3) is 16.9 Å². The minimum atomic E-state index is -0.414. The molecule has 1 fully saturated rings. The molecule has 1 aliphatic rings. The maximum absolute atomic E-state index is 12.8. The van der Waals surface area contributed by atoms with E-state index in [0.717, 1.165) is 25.7 Å². The van der Waals surface area contributed by atoms with Gasteiger partial charge in [0.15, 0.2) is 22.7 Å². The lowest BCUT2D eigenvalue weighted by Gasteiger charge is -2.12. The van der Waals surface area contributed by atoms with Crippen LogP contribution in [0.15, 0.2) is 29.3 Å². The normalized spacial score (nSPS) is 14.3. The average molecular weight is 398 g/mol. The van der Waals surface area contributed by atoms with Crippen LogP contribution in [-0.4, -0.2) is 50.7 Å². The summed E-state index contributed by atoms with van der Waals surface area (Å²) in [6.07, 6.45) is 5.56. The summed E-state index contributed by atoms with van der Waals surface area (Å²) in [7, 11) is 3.09.